The summed E-state index contributed by atoms with van der Waals surface area (Å²) in [5.74, 6) is -0.0715. The van der Waals surface area contributed by atoms with Crippen molar-refractivity contribution in [1.29, 1.82) is 0 Å². The van der Waals surface area contributed by atoms with Crippen LogP contribution in [0.15, 0.2) is 54.6 Å². The molecule has 0 aromatic heterocycles. The zero-order valence-corrected chi connectivity index (χ0v) is 15.1. The van der Waals surface area contributed by atoms with Crippen LogP contribution in [0.25, 0.3) is 0 Å². The van der Waals surface area contributed by atoms with Crippen LogP contribution in [0, 0.1) is 0 Å². The summed E-state index contributed by atoms with van der Waals surface area (Å²) in [6.45, 7) is 5.49. The summed E-state index contributed by atoms with van der Waals surface area (Å²) < 4.78 is 5.51. The predicted molar refractivity (Wildman–Crippen MR) is 99.1 cm³/mol. The van der Waals surface area contributed by atoms with Crippen LogP contribution in [0.3, 0.4) is 0 Å². The fourth-order valence-electron chi connectivity index (χ4n) is 3.46. The normalized spacial score (nSPS) is 17.7. The van der Waals surface area contributed by atoms with Gasteiger partial charge in [-0.3, -0.25) is 4.79 Å². The number of amides is 1. The molecule has 2 atom stereocenters. The number of hydrogen-bond donors (Lipinski definition) is 2. The molecule has 5 heteroatoms. The average Bonchev–Trinajstić information content (AvgIpc) is 2.64. The monoisotopic (exact) mass is 359 g/mol. The number of quaternary nitrogens is 1. The van der Waals surface area contributed by atoms with Gasteiger partial charge in [-0.15, -0.1) is 0 Å². The van der Waals surface area contributed by atoms with Crippen LogP contribution in [-0.4, -0.2) is 38.3 Å². The van der Waals surface area contributed by atoms with Gasteiger partial charge >= 0.3 is 0 Å². The molecule has 25 heavy (non-hydrogen) atoms. The van der Waals surface area contributed by atoms with Gasteiger partial charge in [0.1, 0.15) is 19.1 Å². The molecule has 1 aliphatic heterocycles. The molecule has 0 saturated carbocycles. The van der Waals surface area contributed by atoms with E-state index < -0.39 is 0 Å². The van der Waals surface area contributed by atoms with Gasteiger partial charge in [0.05, 0.1) is 19.3 Å². The first-order valence-electron chi connectivity index (χ1n) is 8.69. The molecule has 0 bridgehead atoms. The summed E-state index contributed by atoms with van der Waals surface area (Å²) in [5, 5.41) is 3.80. The molecule has 1 fully saturated rings. The Morgan fingerprint density at radius 2 is 1.72 bits per heavy atom. The summed E-state index contributed by atoms with van der Waals surface area (Å²) >= 11 is 5.91. The number of hydrogen-bond acceptors (Lipinski definition) is 2. The number of rotatable bonds is 5. The van der Waals surface area contributed by atoms with Crippen molar-refractivity contribution in [2.75, 3.05) is 26.3 Å². The molecule has 3 rings (SSSR count). The van der Waals surface area contributed by atoms with E-state index in [1.807, 2.05) is 6.07 Å². The molecule has 1 saturated heterocycles. The van der Waals surface area contributed by atoms with E-state index >= 15 is 0 Å². The van der Waals surface area contributed by atoms with Crippen LogP contribution in [0.4, 0.5) is 0 Å². The van der Waals surface area contributed by atoms with Crippen molar-refractivity contribution in [2.45, 2.75) is 19.0 Å². The van der Waals surface area contributed by atoms with Crippen molar-refractivity contribution >= 4 is 17.5 Å². The van der Waals surface area contributed by atoms with Gasteiger partial charge in [0, 0.05) is 16.1 Å². The van der Waals surface area contributed by atoms with Crippen molar-refractivity contribution in [3.8, 4) is 0 Å². The molecule has 0 unspecified atom stereocenters. The molecule has 1 aliphatic rings. The third-order valence-electron chi connectivity index (χ3n) is 4.70. The fourth-order valence-corrected chi connectivity index (χ4v) is 3.58. The van der Waals surface area contributed by atoms with Gasteiger partial charge in [-0.2, -0.15) is 0 Å². The number of morpholine rings is 1. The van der Waals surface area contributed by atoms with Gasteiger partial charge < -0.3 is 15.0 Å². The van der Waals surface area contributed by atoms with E-state index in [2.05, 4.69) is 36.5 Å². The van der Waals surface area contributed by atoms with Crippen molar-refractivity contribution in [1.82, 2.24) is 5.32 Å². The van der Waals surface area contributed by atoms with Crippen LogP contribution in [0.2, 0.25) is 5.02 Å². The van der Waals surface area contributed by atoms with E-state index in [-0.39, 0.29) is 18.0 Å². The Morgan fingerprint density at radius 1 is 1.08 bits per heavy atom. The van der Waals surface area contributed by atoms with Crippen molar-refractivity contribution in [2.24, 2.45) is 0 Å². The standard InChI is InChI=1S/C20H23ClN2O2/c1-15(22-20(24)17-7-9-18(21)10-8-17)19(16-5-3-2-4-6-16)23-11-13-25-14-12-23/h2-10,15,19H,11-14H2,1H3,(H,22,24)/p+1/t15-,19-/m1/s1. The number of halogens is 1. The van der Waals surface area contributed by atoms with E-state index in [1.54, 1.807) is 24.3 Å². The lowest BCUT2D eigenvalue weighted by molar-refractivity contribution is -0.940. The minimum Gasteiger partial charge on any atom is -0.370 e. The molecule has 132 valence electrons. The smallest absolute Gasteiger partial charge is 0.251 e. The summed E-state index contributed by atoms with van der Waals surface area (Å²) in [6.07, 6.45) is 0. The van der Waals surface area contributed by atoms with Gasteiger partial charge in [0.2, 0.25) is 0 Å². The molecule has 2 aromatic rings. The second-order valence-corrected chi connectivity index (χ2v) is 6.86. The van der Waals surface area contributed by atoms with Gasteiger partial charge in [-0.1, -0.05) is 41.9 Å². The van der Waals surface area contributed by atoms with E-state index in [0.29, 0.717) is 10.6 Å². The Morgan fingerprint density at radius 3 is 2.36 bits per heavy atom. The highest BCUT2D eigenvalue weighted by molar-refractivity contribution is 6.30. The molecule has 4 nitrogen and oxygen atoms in total. The van der Waals surface area contributed by atoms with E-state index in [1.165, 1.54) is 10.5 Å². The topological polar surface area (TPSA) is 42.8 Å². The first-order valence-corrected chi connectivity index (χ1v) is 9.06. The largest absolute Gasteiger partial charge is 0.370 e. The number of benzene rings is 2. The van der Waals surface area contributed by atoms with E-state index in [0.717, 1.165) is 26.3 Å². The van der Waals surface area contributed by atoms with E-state index in [4.69, 9.17) is 16.3 Å². The quantitative estimate of drug-likeness (QED) is 0.858. The minimum absolute atomic E-state index is 0.00122. The molecule has 0 spiro atoms. The van der Waals surface area contributed by atoms with Gasteiger partial charge in [-0.05, 0) is 31.2 Å². The highest BCUT2D eigenvalue weighted by Gasteiger charge is 2.32. The third kappa shape index (κ3) is 4.60. The maximum Gasteiger partial charge on any atom is 0.251 e. The third-order valence-corrected chi connectivity index (χ3v) is 4.95. The summed E-state index contributed by atoms with van der Waals surface area (Å²) in [6, 6.07) is 17.6. The Balaban J connectivity index is 1.77. The Hall–Kier alpha value is -1.88. The Kier molecular flexibility index (Phi) is 6.08. The van der Waals surface area contributed by atoms with Gasteiger partial charge in [0.15, 0.2) is 0 Å². The second kappa shape index (κ2) is 8.48. The van der Waals surface area contributed by atoms with Crippen LogP contribution in [-0.2, 0) is 4.74 Å². The zero-order chi connectivity index (χ0) is 17.6. The maximum absolute atomic E-state index is 12.6. The van der Waals surface area contributed by atoms with E-state index in [9.17, 15) is 4.79 Å². The molecular weight excluding hydrogens is 336 g/mol. The first-order chi connectivity index (χ1) is 12.1. The molecule has 1 amide bonds. The van der Waals surface area contributed by atoms with Crippen LogP contribution >= 0.6 is 11.6 Å². The van der Waals surface area contributed by atoms with Crippen LogP contribution in [0.1, 0.15) is 28.9 Å². The van der Waals surface area contributed by atoms with Gasteiger partial charge in [0.25, 0.3) is 5.91 Å². The lowest BCUT2D eigenvalue weighted by atomic mass is 9.97. The SMILES string of the molecule is C[C@@H](NC(=O)c1ccc(Cl)cc1)[C@H](c1ccccc1)[NH+]1CCOCC1. The summed E-state index contributed by atoms with van der Waals surface area (Å²) in [4.78, 5) is 14.0. The molecule has 1 heterocycles. The number of carbonyl (C=O) groups excluding carboxylic acids is 1. The van der Waals surface area contributed by atoms with Gasteiger partial charge in [-0.25, -0.2) is 0 Å². The molecule has 0 radical (unpaired) electrons. The predicted octanol–water partition coefficient (Wildman–Crippen LogP) is 2.11. The fraction of sp³-hybridized carbons (Fsp3) is 0.350. The molecular formula is C20H24ClN2O2+. The average molecular weight is 360 g/mol. The molecule has 0 aliphatic carbocycles. The van der Waals surface area contributed by atoms with Crippen molar-refractivity contribution < 1.29 is 14.4 Å². The number of ether oxygens (including phenoxy) is 1. The molecule has 2 N–H and O–H groups in total. The number of nitrogens with one attached hydrogen (secondary N) is 2. The second-order valence-electron chi connectivity index (χ2n) is 6.43. The summed E-state index contributed by atoms with van der Waals surface area (Å²) in [7, 11) is 0. The van der Waals surface area contributed by atoms with Crippen LogP contribution < -0.4 is 10.2 Å². The minimum atomic E-state index is -0.0715. The lowest BCUT2D eigenvalue weighted by Gasteiger charge is -2.35. The van der Waals surface area contributed by atoms with Crippen LogP contribution in [0.5, 0.6) is 0 Å². The Labute approximate surface area is 153 Å². The van der Waals surface area contributed by atoms with Crippen molar-refractivity contribution in [3.63, 3.8) is 0 Å². The summed E-state index contributed by atoms with van der Waals surface area (Å²) in [5.41, 5.74) is 1.86. The van der Waals surface area contributed by atoms with Crippen molar-refractivity contribution in [3.05, 3.63) is 70.7 Å². The first kappa shape index (κ1) is 17.9. The zero-order valence-electron chi connectivity index (χ0n) is 14.4. The lowest BCUT2D eigenvalue weighted by Crippen LogP contribution is -3.15. The highest BCUT2D eigenvalue weighted by Crippen LogP contribution is 2.15. The highest BCUT2D eigenvalue weighted by atomic mass is 35.5. The maximum atomic E-state index is 12.6. The Bertz CT molecular complexity index is 685. The number of carbonyl (C=O) groups is 1. The molecule has 2 aromatic carbocycles.